The highest BCUT2D eigenvalue weighted by Gasteiger charge is 2.06. The number of benzene rings is 1. The van der Waals surface area contributed by atoms with Crippen molar-refractivity contribution in [3.05, 3.63) is 28.8 Å². The fourth-order valence-electron chi connectivity index (χ4n) is 1.40. The van der Waals surface area contributed by atoms with Gasteiger partial charge in [0, 0.05) is 0 Å². The van der Waals surface area contributed by atoms with E-state index in [1.165, 1.54) is 5.56 Å². The second-order valence-corrected chi connectivity index (χ2v) is 3.72. The molecular formula is C12H17NO2. The Kier molecular flexibility index (Phi) is 3.72. The van der Waals surface area contributed by atoms with Crippen LogP contribution in [0.2, 0.25) is 0 Å². The van der Waals surface area contributed by atoms with E-state index in [1.807, 2.05) is 26.8 Å². The molecule has 0 fully saturated rings. The molecule has 0 aromatic heterocycles. The van der Waals surface area contributed by atoms with Gasteiger partial charge >= 0.3 is 0 Å². The van der Waals surface area contributed by atoms with Crippen LogP contribution in [0, 0.1) is 20.8 Å². The van der Waals surface area contributed by atoms with Crippen molar-refractivity contribution in [1.82, 2.24) is 0 Å². The molecule has 0 aliphatic carbocycles. The zero-order valence-corrected chi connectivity index (χ0v) is 9.46. The first kappa shape index (κ1) is 11.6. The molecule has 15 heavy (non-hydrogen) atoms. The van der Waals surface area contributed by atoms with Gasteiger partial charge in [0.05, 0.1) is 13.0 Å². The number of rotatable bonds is 4. The molecule has 1 aromatic rings. The summed E-state index contributed by atoms with van der Waals surface area (Å²) in [4.78, 5) is 10.6. The lowest BCUT2D eigenvalue weighted by Crippen LogP contribution is -2.15. The van der Waals surface area contributed by atoms with E-state index in [9.17, 15) is 4.79 Å². The molecule has 3 nitrogen and oxygen atoms in total. The van der Waals surface area contributed by atoms with Crippen LogP contribution in [0.25, 0.3) is 0 Å². The summed E-state index contributed by atoms with van der Waals surface area (Å²) in [6, 6.07) is 4.08. The van der Waals surface area contributed by atoms with Crippen molar-refractivity contribution in [2.24, 2.45) is 5.73 Å². The SMILES string of the molecule is Cc1ccc(C)c(OCCC(N)=O)c1C. The lowest BCUT2D eigenvalue weighted by atomic mass is 10.1. The zero-order chi connectivity index (χ0) is 11.4. The molecule has 1 aromatic carbocycles. The highest BCUT2D eigenvalue weighted by atomic mass is 16.5. The molecule has 0 radical (unpaired) electrons. The van der Waals surface area contributed by atoms with Crippen molar-refractivity contribution in [3.8, 4) is 5.75 Å². The molecule has 0 heterocycles. The maximum Gasteiger partial charge on any atom is 0.220 e. The number of carbonyl (C=O) groups is 1. The van der Waals surface area contributed by atoms with Crippen LogP contribution in [0.15, 0.2) is 12.1 Å². The largest absolute Gasteiger partial charge is 0.492 e. The van der Waals surface area contributed by atoms with Gasteiger partial charge in [0.25, 0.3) is 0 Å². The Hall–Kier alpha value is -1.51. The van der Waals surface area contributed by atoms with Gasteiger partial charge in [0.2, 0.25) is 5.91 Å². The second-order valence-electron chi connectivity index (χ2n) is 3.72. The van der Waals surface area contributed by atoms with E-state index in [0.29, 0.717) is 6.61 Å². The summed E-state index contributed by atoms with van der Waals surface area (Å²) in [6.45, 7) is 6.39. The van der Waals surface area contributed by atoms with Gasteiger partial charge in [-0.2, -0.15) is 0 Å². The summed E-state index contributed by atoms with van der Waals surface area (Å²) in [7, 11) is 0. The van der Waals surface area contributed by atoms with Gasteiger partial charge in [-0.25, -0.2) is 0 Å². The van der Waals surface area contributed by atoms with Crippen LogP contribution in [-0.2, 0) is 4.79 Å². The summed E-state index contributed by atoms with van der Waals surface area (Å²) >= 11 is 0. The van der Waals surface area contributed by atoms with Crippen molar-refractivity contribution >= 4 is 5.91 Å². The van der Waals surface area contributed by atoms with E-state index in [-0.39, 0.29) is 12.3 Å². The summed E-state index contributed by atoms with van der Waals surface area (Å²) < 4.78 is 5.56. The predicted octanol–water partition coefficient (Wildman–Crippen LogP) is 1.87. The van der Waals surface area contributed by atoms with E-state index in [4.69, 9.17) is 10.5 Å². The van der Waals surface area contributed by atoms with E-state index in [0.717, 1.165) is 16.9 Å². The smallest absolute Gasteiger partial charge is 0.220 e. The van der Waals surface area contributed by atoms with Gasteiger partial charge in [-0.3, -0.25) is 4.79 Å². The van der Waals surface area contributed by atoms with Gasteiger partial charge < -0.3 is 10.5 Å². The maximum atomic E-state index is 10.6. The van der Waals surface area contributed by atoms with Gasteiger partial charge in [-0.15, -0.1) is 0 Å². The molecule has 0 aliphatic heterocycles. The Morgan fingerprint density at radius 3 is 2.47 bits per heavy atom. The normalized spacial score (nSPS) is 10.1. The van der Waals surface area contributed by atoms with E-state index >= 15 is 0 Å². The van der Waals surface area contributed by atoms with Crippen LogP contribution in [0.5, 0.6) is 5.75 Å². The van der Waals surface area contributed by atoms with Crippen molar-refractivity contribution in [2.45, 2.75) is 27.2 Å². The van der Waals surface area contributed by atoms with Crippen LogP contribution in [0.3, 0.4) is 0 Å². The first-order valence-corrected chi connectivity index (χ1v) is 5.00. The molecule has 1 amide bonds. The monoisotopic (exact) mass is 207 g/mol. The predicted molar refractivity (Wildman–Crippen MR) is 60.0 cm³/mol. The molecule has 2 N–H and O–H groups in total. The number of aryl methyl sites for hydroxylation is 2. The fourth-order valence-corrected chi connectivity index (χ4v) is 1.40. The standard InChI is InChI=1S/C12H17NO2/c1-8-4-5-9(2)12(10(8)3)15-7-6-11(13)14/h4-5H,6-7H2,1-3H3,(H2,13,14). The number of hydrogen-bond acceptors (Lipinski definition) is 2. The maximum absolute atomic E-state index is 10.6. The summed E-state index contributed by atoms with van der Waals surface area (Å²) in [6.07, 6.45) is 0.257. The van der Waals surface area contributed by atoms with Crippen LogP contribution in [0.1, 0.15) is 23.1 Å². The molecule has 0 bridgehead atoms. The minimum absolute atomic E-state index is 0.257. The van der Waals surface area contributed by atoms with Crippen LogP contribution in [-0.4, -0.2) is 12.5 Å². The van der Waals surface area contributed by atoms with Crippen molar-refractivity contribution < 1.29 is 9.53 Å². The van der Waals surface area contributed by atoms with E-state index in [2.05, 4.69) is 6.07 Å². The molecular weight excluding hydrogens is 190 g/mol. The Balaban J connectivity index is 2.75. The van der Waals surface area contributed by atoms with E-state index in [1.54, 1.807) is 0 Å². The average molecular weight is 207 g/mol. The van der Waals surface area contributed by atoms with Crippen LogP contribution >= 0.6 is 0 Å². The van der Waals surface area contributed by atoms with Crippen molar-refractivity contribution in [2.75, 3.05) is 6.61 Å². The minimum Gasteiger partial charge on any atom is -0.492 e. The summed E-state index contributed by atoms with van der Waals surface area (Å²) in [5, 5.41) is 0. The highest BCUT2D eigenvalue weighted by Crippen LogP contribution is 2.25. The van der Waals surface area contributed by atoms with Gasteiger partial charge in [-0.1, -0.05) is 12.1 Å². The molecule has 1 rings (SSSR count). The Morgan fingerprint density at radius 2 is 1.87 bits per heavy atom. The third-order valence-corrected chi connectivity index (χ3v) is 2.47. The van der Waals surface area contributed by atoms with E-state index < -0.39 is 0 Å². The second kappa shape index (κ2) is 4.82. The summed E-state index contributed by atoms with van der Waals surface area (Å²) in [5.41, 5.74) is 8.44. The Labute approximate surface area is 90.2 Å². The molecule has 0 atom stereocenters. The molecule has 0 saturated heterocycles. The van der Waals surface area contributed by atoms with Gasteiger partial charge in [-0.05, 0) is 37.5 Å². The number of primary amides is 1. The number of nitrogens with two attached hydrogens (primary N) is 1. The first-order chi connectivity index (χ1) is 7.02. The minimum atomic E-state index is -0.335. The van der Waals surface area contributed by atoms with Crippen molar-refractivity contribution in [3.63, 3.8) is 0 Å². The zero-order valence-electron chi connectivity index (χ0n) is 9.46. The molecule has 0 unspecified atom stereocenters. The molecule has 0 spiro atoms. The number of ether oxygens (including phenoxy) is 1. The quantitative estimate of drug-likeness (QED) is 0.819. The van der Waals surface area contributed by atoms with Gasteiger partial charge in [0.15, 0.2) is 0 Å². The summed E-state index contributed by atoms with van der Waals surface area (Å²) in [5.74, 6) is 0.536. The Bertz CT molecular complexity index is 372. The molecule has 3 heteroatoms. The number of amides is 1. The Morgan fingerprint density at radius 1 is 1.27 bits per heavy atom. The lowest BCUT2D eigenvalue weighted by molar-refractivity contribution is -0.118. The first-order valence-electron chi connectivity index (χ1n) is 5.00. The van der Waals surface area contributed by atoms with Gasteiger partial charge in [0.1, 0.15) is 5.75 Å². The number of hydrogen-bond donors (Lipinski definition) is 1. The topological polar surface area (TPSA) is 52.3 Å². The average Bonchev–Trinajstić information content (AvgIpc) is 2.17. The molecule has 82 valence electrons. The van der Waals surface area contributed by atoms with Crippen LogP contribution < -0.4 is 10.5 Å². The number of carbonyl (C=O) groups excluding carboxylic acids is 1. The fraction of sp³-hybridized carbons (Fsp3) is 0.417. The molecule has 0 saturated carbocycles. The van der Waals surface area contributed by atoms with Crippen molar-refractivity contribution in [1.29, 1.82) is 0 Å². The lowest BCUT2D eigenvalue weighted by Gasteiger charge is -2.13. The third kappa shape index (κ3) is 2.98. The third-order valence-electron chi connectivity index (χ3n) is 2.47. The molecule has 0 aliphatic rings. The highest BCUT2D eigenvalue weighted by molar-refractivity contribution is 5.73. The van der Waals surface area contributed by atoms with Crippen LogP contribution in [0.4, 0.5) is 0 Å².